The molecule has 3 rings (SSSR count). The van der Waals surface area contributed by atoms with Gasteiger partial charge in [-0.2, -0.15) is 0 Å². The molecule has 0 amide bonds. The maximum atomic E-state index is 13.4. The van der Waals surface area contributed by atoms with Gasteiger partial charge in [-0.3, -0.25) is 4.98 Å². The second-order valence-electron chi connectivity index (χ2n) is 4.86. The van der Waals surface area contributed by atoms with Crippen molar-refractivity contribution in [3.63, 3.8) is 0 Å². The molecular formula is C17H11ClFNO3. The SMILES string of the molecule is COc1cc(F)ccc1-c1ncc(Cl)c2ccc(C(=O)O)cc12. The lowest BCUT2D eigenvalue weighted by molar-refractivity contribution is 0.0697. The van der Waals surface area contributed by atoms with Gasteiger partial charge in [-0.25, -0.2) is 9.18 Å². The Hall–Kier alpha value is -2.66. The molecule has 23 heavy (non-hydrogen) atoms. The predicted octanol–water partition coefficient (Wildman–Crippen LogP) is 4.40. The number of nitrogens with zero attached hydrogens (tertiary/aromatic N) is 1. The monoisotopic (exact) mass is 331 g/mol. The summed E-state index contributed by atoms with van der Waals surface area (Å²) in [4.78, 5) is 15.5. The minimum Gasteiger partial charge on any atom is -0.496 e. The first-order valence-corrected chi connectivity index (χ1v) is 7.04. The fourth-order valence-electron chi connectivity index (χ4n) is 2.42. The number of benzene rings is 2. The normalized spacial score (nSPS) is 10.7. The summed E-state index contributed by atoms with van der Waals surface area (Å²) in [6.45, 7) is 0. The Balaban J connectivity index is 2.35. The van der Waals surface area contributed by atoms with E-state index >= 15 is 0 Å². The smallest absolute Gasteiger partial charge is 0.335 e. The van der Waals surface area contributed by atoms with Gasteiger partial charge in [0.15, 0.2) is 0 Å². The molecule has 0 aliphatic rings. The topological polar surface area (TPSA) is 59.4 Å². The van der Waals surface area contributed by atoms with E-state index in [1.54, 1.807) is 6.07 Å². The lowest BCUT2D eigenvalue weighted by Gasteiger charge is -2.12. The van der Waals surface area contributed by atoms with E-state index in [9.17, 15) is 14.3 Å². The maximum absolute atomic E-state index is 13.4. The Morgan fingerprint density at radius 1 is 1.22 bits per heavy atom. The van der Waals surface area contributed by atoms with E-state index in [-0.39, 0.29) is 5.56 Å². The molecule has 0 aliphatic heterocycles. The molecule has 0 bridgehead atoms. The van der Waals surface area contributed by atoms with Crippen LogP contribution in [0.15, 0.2) is 42.6 Å². The van der Waals surface area contributed by atoms with Gasteiger partial charge in [0.05, 0.1) is 23.4 Å². The van der Waals surface area contributed by atoms with E-state index in [2.05, 4.69) is 4.98 Å². The Morgan fingerprint density at radius 2 is 2.00 bits per heavy atom. The summed E-state index contributed by atoms with van der Waals surface area (Å²) in [5.74, 6) is -1.18. The summed E-state index contributed by atoms with van der Waals surface area (Å²) in [6, 6.07) is 8.68. The lowest BCUT2D eigenvalue weighted by atomic mass is 10.0. The van der Waals surface area contributed by atoms with Crippen molar-refractivity contribution in [1.29, 1.82) is 0 Å². The van der Waals surface area contributed by atoms with Crippen molar-refractivity contribution in [1.82, 2.24) is 4.98 Å². The third-order valence-electron chi connectivity index (χ3n) is 3.50. The average Bonchev–Trinajstić information content (AvgIpc) is 2.55. The van der Waals surface area contributed by atoms with E-state index in [1.807, 2.05) is 0 Å². The Labute approximate surface area is 136 Å². The van der Waals surface area contributed by atoms with Gasteiger partial charge < -0.3 is 9.84 Å². The molecule has 0 radical (unpaired) electrons. The van der Waals surface area contributed by atoms with Crippen molar-refractivity contribution in [3.05, 3.63) is 59.0 Å². The molecule has 0 atom stereocenters. The van der Waals surface area contributed by atoms with Crippen LogP contribution in [0.4, 0.5) is 4.39 Å². The summed E-state index contributed by atoms with van der Waals surface area (Å²) in [5, 5.41) is 10.8. The van der Waals surface area contributed by atoms with Crippen LogP contribution in [0.5, 0.6) is 5.75 Å². The number of aromatic carboxylic acids is 1. The molecule has 0 aliphatic carbocycles. The predicted molar refractivity (Wildman–Crippen MR) is 85.7 cm³/mol. The number of fused-ring (bicyclic) bond motifs is 1. The first-order valence-electron chi connectivity index (χ1n) is 6.66. The van der Waals surface area contributed by atoms with Gasteiger partial charge in [0, 0.05) is 28.6 Å². The van der Waals surface area contributed by atoms with Crippen molar-refractivity contribution < 1.29 is 19.0 Å². The van der Waals surface area contributed by atoms with Gasteiger partial charge in [0.25, 0.3) is 0 Å². The number of pyridine rings is 1. The highest BCUT2D eigenvalue weighted by Crippen LogP contribution is 2.36. The Kier molecular flexibility index (Phi) is 3.88. The number of ether oxygens (including phenoxy) is 1. The molecule has 1 heterocycles. The number of carbonyl (C=O) groups is 1. The van der Waals surface area contributed by atoms with Gasteiger partial charge in [-0.05, 0) is 24.3 Å². The number of hydrogen-bond donors (Lipinski definition) is 1. The van der Waals surface area contributed by atoms with Crippen molar-refractivity contribution in [2.75, 3.05) is 7.11 Å². The van der Waals surface area contributed by atoms with Crippen LogP contribution in [0.1, 0.15) is 10.4 Å². The number of hydrogen-bond acceptors (Lipinski definition) is 3. The number of aromatic nitrogens is 1. The highest BCUT2D eigenvalue weighted by Gasteiger charge is 2.15. The summed E-state index contributed by atoms with van der Waals surface area (Å²) < 4.78 is 18.6. The second kappa shape index (κ2) is 5.85. The first-order chi connectivity index (χ1) is 11.0. The third kappa shape index (κ3) is 2.71. The number of rotatable bonds is 3. The standard InChI is InChI=1S/C17H11ClFNO3/c1-23-15-7-10(19)3-5-12(15)16-13-6-9(17(21)22)2-4-11(13)14(18)8-20-16/h2-8H,1H3,(H,21,22). The van der Waals surface area contributed by atoms with Crippen LogP contribution in [0.2, 0.25) is 5.02 Å². The van der Waals surface area contributed by atoms with Crippen molar-refractivity contribution in [2.45, 2.75) is 0 Å². The molecule has 0 saturated heterocycles. The molecule has 0 spiro atoms. The van der Waals surface area contributed by atoms with Gasteiger partial charge in [-0.1, -0.05) is 17.7 Å². The molecular weight excluding hydrogens is 321 g/mol. The molecule has 0 saturated carbocycles. The quantitative estimate of drug-likeness (QED) is 0.772. The van der Waals surface area contributed by atoms with Gasteiger partial charge in [-0.15, -0.1) is 0 Å². The van der Waals surface area contributed by atoms with Gasteiger partial charge in [0.1, 0.15) is 11.6 Å². The molecule has 3 aromatic rings. The summed E-state index contributed by atoms with van der Waals surface area (Å²) >= 11 is 6.15. The highest BCUT2D eigenvalue weighted by atomic mass is 35.5. The van der Waals surface area contributed by atoms with E-state index in [0.29, 0.717) is 32.8 Å². The largest absolute Gasteiger partial charge is 0.496 e. The van der Waals surface area contributed by atoms with Crippen molar-refractivity contribution in [2.24, 2.45) is 0 Å². The molecule has 1 aromatic heterocycles. The zero-order chi connectivity index (χ0) is 16.6. The van der Waals surface area contributed by atoms with Crippen LogP contribution in [0.25, 0.3) is 22.0 Å². The average molecular weight is 332 g/mol. The zero-order valence-corrected chi connectivity index (χ0v) is 12.8. The van der Waals surface area contributed by atoms with Gasteiger partial charge >= 0.3 is 5.97 Å². The van der Waals surface area contributed by atoms with E-state index in [4.69, 9.17) is 16.3 Å². The molecule has 0 unspecified atom stereocenters. The second-order valence-corrected chi connectivity index (χ2v) is 5.27. The number of methoxy groups -OCH3 is 1. The minimum atomic E-state index is -1.05. The van der Waals surface area contributed by atoms with Crippen LogP contribution in [0, 0.1) is 5.82 Å². The number of halogens is 2. The van der Waals surface area contributed by atoms with E-state index in [0.717, 1.165) is 0 Å². The third-order valence-corrected chi connectivity index (χ3v) is 3.81. The lowest BCUT2D eigenvalue weighted by Crippen LogP contribution is -1.97. The first kappa shape index (κ1) is 15.2. The molecule has 4 nitrogen and oxygen atoms in total. The van der Waals surface area contributed by atoms with Crippen molar-refractivity contribution >= 4 is 28.3 Å². The van der Waals surface area contributed by atoms with Crippen LogP contribution in [-0.2, 0) is 0 Å². The molecule has 0 fully saturated rings. The molecule has 6 heteroatoms. The molecule has 1 N–H and O–H groups in total. The maximum Gasteiger partial charge on any atom is 0.335 e. The van der Waals surface area contributed by atoms with Crippen molar-refractivity contribution in [3.8, 4) is 17.0 Å². The van der Waals surface area contributed by atoms with E-state index in [1.165, 1.54) is 43.6 Å². The van der Waals surface area contributed by atoms with Crippen LogP contribution in [-0.4, -0.2) is 23.2 Å². The summed E-state index contributed by atoms with van der Waals surface area (Å²) in [6.07, 6.45) is 1.47. The van der Waals surface area contributed by atoms with Crippen LogP contribution >= 0.6 is 11.6 Å². The molecule has 116 valence electrons. The number of carboxylic acid groups (broad SMARTS) is 1. The zero-order valence-electron chi connectivity index (χ0n) is 12.0. The fraction of sp³-hybridized carbons (Fsp3) is 0.0588. The van der Waals surface area contributed by atoms with E-state index < -0.39 is 11.8 Å². The fourth-order valence-corrected chi connectivity index (χ4v) is 2.63. The molecule has 2 aromatic carbocycles. The Bertz CT molecular complexity index is 927. The highest BCUT2D eigenvalue weighted by molar-refractivity contribution is 6.35. The van der Waals surface area contributed by atoms with Gasteiger partial charge in [0.2, 0.25) is 0 Å². The summed E-state index contributed by atoms with van der Waals surface area (Å²) in [7, 11) is 1.43. The van der Waals surface area contributed by atoms with Crippen LogP contribution < -0.4 is 4.74 Å². The Morgan fingerprint density at radius 3 is 2.70 bits per heavy atom. The summed E-state index contributed by atoms with van der Waals surface area (Å²) in [5.41, 5.74) is 1.14. The van der Waals surface area contributed by atoms with Crippen LogP contribution in [0.3, 0.4) is 0 Å². The minimum absolute atomic E-state index is 0.115. The number of carboxylic acids is 1.